The summed E-state index contributed by atoms with van der Waals surface area (Å²) in [6.07, 6.45) is 1.18. The quantitative estimate of drug-likeness (QED) is 0.110. The Labute approximate surface area is 299 Å². The molecule has 50 heavy (non-hydrogen) atoms. The minimum absolute atomic E-state index is 0.0236. The van der Waals surface area contributed by atoms with Crippen LogP contribution in [0.5, 0.6) is 0 Å². The lowest BCUT2D eigenvalue weighted by Crippen LogP contribution is -2.10. The van der Waals surface area contributed by atoms with Crippen LogP contribution in [0.15, 0.2) is 117 Å². The van der Waals surface area contributed by atoms with Gasteiger partial charge in [-0.3, -0.25) is 12.5 Å². The molecule has 0 N–H and O–H groups in total. The Hall–Kier alpha value is -3.69. The molecule has 1 aromatic heterocycles. The maximum absolute atomic E-state index is 12.7. The summed E-state index contributed by atoms with van der Waals surface area (Å²) < 4.78 is 92.2. The molecule has 0 bridgehead atoms. The van der Waals surface area contributed by atoms with E-state index in [9.17, 15) is 25.3 Å². The molecule has 5 aromatic rings. The molecule has 0 amide bonds. The van der Waals surface area contributed by atoms with Crippen LogP contribution in [0.2, 0.25) is 0 Å². The summed E-state index contributed by atoms with van der Waals surface area (Å²) in [6.45, 7) is 8.65. The molecule has 9 nitrogen and oxygen atoms in total. The van der Waals surface area contributed by atoms with Crippen molar-refractivity contribution in [2.45, 2.75) is 75.5 Å². The highest BCUT2D eigenvalue weighted by molar-refractivity contribution is 7.87. The second-order valence-corrected chi connectivity index (χ2v) is 17.6. The highest BCUT2D eigenvalue weighted by Crippen LogP contribution is 2.22. The largest absolute Gasteiger partial charge is 0.297 e. The zero-order valence-electron chi connectivity index (χ0n) is 28.5. The predicted octanol–water partition coefficient (Wildman–Crippen LogP) is 7.95. The molecule has 0 saturated carbocycles. The molecule has 5 rings (SSSR count). The van der Waals surface area contributed by atoms with Crippen molar-refractivity contribution in [2.24, 2.45) is 0 Å². The van der Waals surface area contributed by atoms with Crippen molar-refractivity contribution in [3.8, 4) is 0 Å². The molecule has 0 aliphatic heterocycles. The molecule has 0 aliphatic rings. The van der Waals surface area contributed by atoms with E-state index in [1.165, 1.54) is 71.5 Å². The van der Waals surface area contributed by atoms with Crippen molar-refractivity contribution in [3.63, 3.8) is 0 Å². The predicted molar refractivity (Wildman–Crippen MR) is 194 cm³/mol. The van der Waals surface area contributed by atoms with Gasteiger partial charge in [0.05, 0.1) is 34.5 Å². The molecule has 0 spiro atoms. The van der Waals surface area contributed by atoms with Gasteiger partial charge in [-0.2, -0.15) is 25.3 Å². The lowest BCUT2D eigenvalue weighted by molar-refractivity contribution is 0.297. The lowest BCUT2D eigenvalue weighted by Gasteiger charge is -2.12. The Balaban J connectivity index is 0.000000616. The van der Waals surface area contributed by atoms with E-state index in [1.54, 1.807) is 36.4 Å². The molecular weight excluding hydrogens is 717 g/mol. The zero-order valence-corrected chi connectivity index (χ0v) is 31.7. The molecule has 13 heteroatoms. The summed E-state index contributed by atoms with van der Waals surface area (Å²) in [5.74, 6) is 0. The molecule has 0 fully saturated rings. The monoisotopic (exact) mass is 756 g/mol. The van der Waals surface area contributed by atoms with Crippen LogP contribution in [0.25, 0.3) is 0 Å². The van der Waals surface area contributed by atoms with Gasteiger partial charge in [0, 0.05) is 4.88 Å². The number of thiophene rings is 1. The van der Waals surface area contributed by atoms with Crippen LogP contribution < -0.4 is 0 Å². The van der Waals surface area contributed by atoms with E-state index in [-0.39, 0.29) is 14.7 Å². The Morgan fingerprint density at radius 2 is 0.780 bits per heavy atom. The van der Waals surface area contributed by atoms with E-state index in [0.717, 1.165) is 16.7 Å². The fraction of sp³-hybridized carbons (Fsp3) is 0.243. The molecule has 0 radical (unpaired) electrons. The van der Waals surface area contributed by atoms with E-state index in [0.29, 0.717) is 16.7 Å². The first-order valence-corrected chi connectivity index (χ1v) is 20.7. The average Bonchev–Trinajstić information content (AvgIpc) is 3.51. The Morgan fingerprint density at radius 1 is 0.480 bits per heavy atom. The maximum atomic E-state index is 12.7. The third kappa shape index (κ3) is 11.2. The van der Waals surface area contributed by atoms with Gasteiger partial charge in [-0.15, -0.1) is 11.3 Å². The van der Waals surface area contributed by atoms with Crippen molar-refractivity contribution >= 4 is 41.7 Å². The van der Waals surface area contributed by atoms with Crippen LogP contribution >= 0.6 is 11.3 Å². The van der Waals surface area contributed by atoms with Crippen molar-refractivity contribution in [1.29, 1.82) is 0 Å². The Kier molecular flexibility index (Phi) is 13.3. The molecule has 1 heterocycles. The van der Waals surface area contributed by atoms with Gasteiger partial charge in [-0.1, -0.05) is 78.2 Å². The second-order valence-electron chi connectivity index (χ2n) is 11.6. The topological polar surface area (TPSA) is 130 Å². The number of hydrogen-bond donors (Lipinski definition) is 0. The summed E-state index contributed by atoms with van der Waals surface area (Å²) >= 11 is 1.83. The fourth-order valence-corrected chi connectivity index (χ4v) is 8.11. The van der Waals surface area contributed by atoms with Crippen LogP contribution in [-0.2, 0) is 69.1 Å². The van der Waals surface area contributed by atoms with Crippen molar-refractivity contribution < 1.29 is 37.8 Å². The molecule has 0 saturated heterocycles. The van der Waals surface area contributed by atoms with Crippen LogP contribution in [0.1, 0.15) is 50.7 Å². The summed E-state index contributed by atoms with van der Waals surface area (Å²) in [7, 11) is -12.3. The van der Waals surface area contributed by atoms with Crippen molar-refractivity contribution in [2.75, 3.05) is 0 Å². The van der Waals surface area contributed by atoms with Gasteiger partial charge >= 0.3 is 0 Å². The number of hydrogen-bond acceptors (Lipinski definition) is 10. The van der Waals surface area contributed by atoms with E-state index < -0.39 is 50.2 Å². The van der Waals surface area contributed by atoms with Gasteiger partial charge < -0.3 is 0 Å². The summed E-state index contributed by atoms with van der Waals surface area (Å²) in [5.41, 5.74) is 5.16. The summed E-state index contributed by atoms with van der Waals surface area (Å²) in [4.78, 5) is 1.39. The third-order valence-corrected chi connectivity index (χ3v) is 12.3. The van der Waals surface area contributed by atoms with Crippen LogP contribution in [0.4, 0.5) is 0 Å². The lowest BCUT2D eigenvalue weighted by atomic mass is 10.1. The van der Waals surface area contributed by atoms with Crippen molar-refractivity contribution in [3.05, 3.63) is 146 Å². The minimum Gasteiger partial charge on any atom is -0.262 e. The van der Waals surface area contributed by atoms with E-state index >= 15 is 0 Å². The highest BCUT2D eigenvalue weighted by Gasteiger charge is 2.19. The van der Waals surface area contributed by atoms with E-state index in [4.69, 9.17) is 12.5 Å². The van der Waals surface area contributed by atoms with E-state index in [1.807, 2.05) is 32.1 Å². The maximum Gasteiger partial charge on any atom is 0.297 e. The standard InChI is InChI=1S/C30H30O9S3.C7H10S/c1-22-4-10-28(11-5-22)40(31,32)37-19-25-16-26(20-38-41(33,34)29-12-6-23(2)7-13-29)18-27(17-25)21-39-42(35,36)30-14-8-24(3)9-15-30;1-3-7-4-5-8-6(7)2/h4-18H,19-21H2,1-3H3;4-5H,3H2,1-2H3. The minimum atomic E-state index is -4.11. The van der Waals surface area contributed by atoms with Crippen molar-refractivity contribution in [1.82, 2.24) is 0 Å². The first kappa shape index (κ1) is 39.1. The van der Waals surface area contributed by atoms with Crippen LogP contribution in [0, 0.1) is 27.7 Å². The fourth-order valence-electron chi connectivity index (χ4n) is 4.62. The third-order valence-electron chi connectivity index (χ3n) is 7.53. The molecular formula is C37H40O9S4. The van der Waals surface area contributed by atoms with Gasteiger partial charge in [-0.05, 0) is 104 Å². The van der Waals surface area contributed by atoms with E-state index in [2.05, 4.69) is 25.3 Å². The molecule has 0 aliphatic carbocycles. The second kappa shape index (κ2) is 17.0. The molecule has 0 unspecified atom stereocenters. The summed E-state index contributed by atoms with van der Waals surface area (Å²) in [5, 5.41) is 2.15. The Bertz CT molecular complexity index is 1970. The molecule has 4 aromatic carbocycles. The number of aryl methyl sites for hydroxylation is 5. The number of benzene rings is 4. The number of rotatable bonds is 13. The van der Waals surface area contributed by atoms with Crippen LogP contribution in [0.3, 0.4) is 0 Å². The Morgan fingerprint density at radius 3 is 1.00 bits per heavy atom. The van der Waals surface area contributed by atoms with Gasteiger partial charge in [-0.25, -0.2) is 0 Å². The SMILES string of the molecule is CCc1ccsc1C.Cc1ccc(S(=O)(=O)OCc2cc(COS(=O)(=O)c3ccc(C)cc3)cc(COS(=O)(=O)c3ccc(C)cc3)c2)cc1. The molecule has 266 valence electrons. The zero-order chi connectivity index (χ0) is 36.5. The van der Waals surface area contributed by atoms with Gasteiger partial charge in [0.25, 0.3) is 30.4 Å². The first-order chi connectivity index (χ1) is 23.6. The van der Waals surface area contributed by atoms with Gasteiger partial charge in [0.1, 0.15) is 0 Å². The highest BCUT2D eigenvalue weighted by atomic mass is 32.2. The average molecular weight is 757 g/mol. The molecule has 0 atom stereocenters. The smallest absolute Gasteiger partial charge is 0.262 e. The van der Waals surface area contributed by atoms with Gasteiger partial charge in [0.2, 0.25) is 0 Å². The first-order valence-electron chi connectivity index (χ1n) is 15.6. The normalized spacial score (nSPS) is 11.9. The van der Waals surface area contributed by atoms with Crippen LogP contribution in [-0.4, -0.2) is 25.3 Å². The van der Waals surface area contributed by atoms with Gasteiger partial charge in [0.15, 0.2) is 0 Å². The summed E-state index contributed by atoms with van der Waals surface area (Å²) in [6, 6.07) is 25.2.